The first-order chi connectivity index (χ1) is 11.2. The van der Waals surface area contributed by atoms with Crippen LogP contribution in [0.1, 0.15) is 22.4 Å². The number of amides is 1. The zero-order chi connectivity index (χ0) is 18.1. The topological polar surface area (TPSA) is 201 Å². The van der Waals surface area contributed by atoms with Gasteiger partial charge >= 0.3 is 7.82 Å². The van der Waals surface area contributed by atoms with Gasteiger partial charge in [0.15, 0.2) is 6.23 Å². The Labute approximate surface area is 135 Å². The molecule has 4 unspecified atom stereocenters. The SMILES string of the molecule is N#CCc1c(C(N)=O)ncn1C1OC(COP(=O)(O)O)C(O)C1O. The minimum atomic E-state index is -4.78. The number of ether oxygens (including phenoxy) is 1. The van der Waals surface area contributed by atoms with E-state index in [1.165, 1.54) is 0 Å². The highest BCUT2D eigenvalue weighted by Crippen LogP contribution is 2.38. The maximum Gasteiger partial charge on any atom is 0.469 e. The van der Waals surface area contributed by atoms with E-state index < -0.39 is 44.9 Å². The Balaban J connectivity index is 2.25. The fourth-order valence-electron chi connectivity index (χ4n) is 2.33. The van der Waals surface area contributed by atoms with E-state index in [1.54, 1.807) is 0 Å². The summed E-state index contributed by atoms with van der Waals surface area (Å²) in [4.78, 5) is 32.4. The van der Waals surface area contributed by atoms with Crippen molar-refractivity contribution < 1.29 is 38.6 Å². The molecule has 1 saturated heterocycles. The molecule has 1 aliphatic heterocycles. The van der Waals surface area contributed by atoms with E-state index in [-0.39, 0.29) is 17.8 Å². The summed E-state index contributed by atoms with van der Waals surface area (Å²) in [6.45, 7) is -0.677. The number of phosphoric acid groups is 1. The molecule has 4 atom stereocenters. The average Bonchev–Trinajstić information content (AvgIpc) is 3.00. The molecule has 0 bridgehead atoms. The number of carbonyl (C=O) groups is 1. The highest BCUT2D eigenvalue weighted by Gasteiger charge is 2.45. The van der Waals surface area contributed by atoms with E-state index in [9.17, 15) is 19.6 Å². The molecule has 0 saturated carbocycles. The number of carbonyl (C=O) groups excluding carboxylic acids is 1. The largest absolute Gasteiger partial charge is 0.469 e. The van der Waals surface area contributed by atoms with Crippen LogP contribution in [-0.2, 0) is 20.2 Å². The second kappa shape index (κ2) is 6.96. The Bertz CT molecular complexity index is 709. The molecular formula is C11H15N4O8P. The Morgan fingerprint density at radius 3 is 2.71 bits per heavy atom. The molecule has 24 heavy (non-hydrogen) atoms. The number of imidazole rings is 1. The van der Waals surface area contributed by atoms with Gasteiger partial charge in [-0.25, -0.2) is 9.55 Å². The van der Waals surface area contributed by atoms with Crippen LogP contribution in [-0.4, -0.2) is 60.4 Å². The molecule has 0 aliphatic carbocycles. The first-order valence-corrected chi connectivity index (χ1v) is 8.13. The second-order valence-corrected chi connectivity index (χ2v) is 6.22. The molecule has 13 heteroatoms. The number of phosphoric ester groups is 1. The van der Waals surface area contributed by atoms with E-state index in [1.807, 2.05) is 6.07 Å². The molecule has 1 aromatic rings. The van der Waals surface area contributed by atoms with Crippen LogP contribution in [0.4, 0.5) is 0 Å². The molecular weight excluding hydrogens is 347 g/mol. The van der Waals surface area contributed by atoms with Gasteiger partial charge in [-0.3, -0.25) is 9.32 Å². The Morgan fingerprint density at radius 1 is 1.50 bits per heavy atom. The van der Waals surface area contributed by atoms with E-state index in [0.29, 0.717) is 0 Å². The van der Waals surface area contributed by atoms with Gasteiger partial charge in [-0.05, 0) is 0 Å². The summed E-state index contributed by atoms with van der Waals surface area (Å²) in [6.07, 6.45) is -4.66. The molecule has 1 amide bonds. The summed E-state index contributed by atoms with van der Waals surface area (Å²) in [5.74, 6) is -0.881. The quantitative estimate of drug-likeness (QED) is 0.345. The summed E-state index contributed by atoms with van der Waals surface area (Å²) in [5, 5.41) is 28.9. The fourth-order valence-corrected chi connectivity index (χ4v) is 2.67. The van der Waals surface area contributed by atoms with Crippen LogP contribution < -0.4 is 5.73 Å². The molecule has 6 N–H and O–H groups in total. The summed E-state index contributed by atoms with van der Waals surface area (Å²) >= 11 is 0. The minimum absolute atomic E-state index is 0.0813. The van der Waals surface area contributed by atoms with Gasteiger partial charge in [0.2, 0.25) is 0 Å². The number of aliphatic hydroxyl groups is 2. The number of nitriles is 1. The number of nitrogens with two attached hydrogens (primary N) is 1. The molecule has 0 aromatic carbocycles. The zero-order valence-electron chi connectivity index (χ0n) is 12.1. The Morgan fingerprint density at radius 2 is 2.17 bits per heavy atom. The highest BCUT2D eigenvalue weighted by atomic mass is 31.2. The Kier molecular flexibility index (Phi) is 5.36. The number of aliphatic hydroxyl groups excluding tert-OH is 2. The molecule has 1 fully saturated rings. The monoisotopic (exact) mass is 362 g/mol. The van der Waals surface area contributed by atoms with Crippen LogP contribution in [0.3, 0.4) is 0 Å². The average molecular weight is 362 g/mol. The van der Waals surface area contributed by atoms with E-state index in [4.69, 9.17) is 25.5 Å². The van der Waals surface area contributed by atoms with Crippen molar-refractivity contribution in [3.63, 3.8) is 0 Å². The van der Waals surface area contributed by atoms with Crippen molar-refractivity contribution >= 4 is 13.7 Å². The van der Waals surface area contributed by atoms with Gasteiger partial charge in [-0.15, -0.1) is 0 Å². The zero-order valence-corrected chi connectivity index (χ0v) is 13.0. The molecule has 1 aromatic heterocycles. The van der Waals surface area contributed by atoms with Crippen molar-refractivity contribution in [2.45, 2.75) is 31.0 Å². The summed E-state index contributed by atoms with van der Waals surface area (Å²) in [5.41, 5.74) is 5.06. The minimum Gasteiger partial charge on any atom is -0.387 e. The van der Waals surface area contributed by atoms with Crippen molar-refractivity contribution in [3.05, 3.63) is 17.7 Å². The van der Waals surface area contributed by atoms with Crippen molar-refractivity contribution in [3.8, 4) is 6.07 Å². The highest BCUT2D eigenvalue weighted by molar-refractivity contribution is 7.46. The molecule has 12 nitrogen and oxygen atoms in total. The normalized spacial score (nSPS) is 27.1. The molecule has 0 spiro atoms. The molecule has 0 radical (unpaired) electrons. The van der Waals surface area contributed by atoms with Gasteiger partial charge in [-0.2, -0.15) is 5.26 Å². The van der Waals surface area contributed by atoms with Crippen molar-refractivity contribution in [2.24, 2.45) is 5.73 Å². The van der Waals surface area contributed by atoms with Crippen LogP contribution in [0, 0.1) is 11.3 Å². The number of aromatic nitrogens is 2. The number of hydrogen-bond acceptors (Lipinski definition) is 8. The number of primary amides is 1. The van der Waals surface area contributed by atoms with Crippen LogP contribution in [0.5, 0.6) is 0 Å². The third-order valence-corrected chi connectivity index (χ3v) is 3.88. The predicted molar refractivity (Wildman–Crippen MR) is 74.0 cm³/mol. The fraction of sp³-hybridized carbons (Fsp3) is 0.545. The lowest BCUT2D eigenvalue weighted by molar-refractivity contribution is -0.0530. The first kappa shape index (κ1) is 18.5. The number of hydrogen-bond donors (Lipinski definition) is 5. The van der Waals surface area contributed by atoms with Crippen molar-refractivity contribution in [1.29, 1.82) is 5.26 Å². The van der Waals surface area contributed by atoms with Gasteiger partial charge in [0.1, 0.15) is 24.0 Å². The van der Waals surface area contributed by atoms with Crippen molar-refractivity contribution in [1.82, 2.24) is 9.55 Å². The summed E-state index contributed by atoms with van der Waals surface area (Å²) in [7, 11) is -4.78. The van der Waals surface area contributed by atoms with Gasteiger partial charge in [0, 0.05) is 0 Å². The number of rotatable bonds is 6. The van der Waals surface area contributed by atoms with Crippen LogP contribution in [0.2, 0.25) is 0 Å². The third kappa shape index (κ3) is 3.80. The predicted octanol–water partition coefficient (Wildman–Crippen LogP) is -2.22. The Hall–Kier alpha value is -1.84. The molecule has 2 heterocycles. The summed E-state index contributed by atoms with van der Waals surface area (Å²) in [6, 6.07) is 1.82. The van der Waals surface area contributed by atoms with Crippen LogP contribution >= 0.6 is 7.82 Å². The van der Waals surface area contributed by atoms with Gasteiger partial charge in [-0.1, -0.05) is 0 Å². The number of nitrogens with zero attached hydrogens (tertiary/aromatic N) is 3. The lowest BCUT2D eigenvalue weighted by Crippen LogP contribution is -2.33. The molecule has 132 valence electrons. The second-order valence-electron chi connectivity index (χ2n) is 4.98. The molecule has 1 aliphatic rings. The van der Waals surface area contributed by atoms with E-state index >= 15 is 0 Å². The van der Waals surface area contributed by atoms with Crippen LogP contribution in [0.15, 0.2) is 6.33 Å². The standard InChI is InChI=1S/C11H15N4O8P/c12-2-1-5-7(10(13)18)14-4-15(5)11-9(17)8(16)6(23-11)3-22-24(19,20)21/h4,6,8-9,11,16-17H,1,3H2,(H2,13,18)(H2,19,20,21). The lowest BCUT2D eigenvalue weighted by atomic mass is 10.1. The van der Waals surface area contributed by atoms with Gasteiger partial charge in [0.05, 0.1) is 31.1 Å². The molecule has 2 rings (SSSR count). The third-order valence-electron chi connectivity index (χ3n) is 3.39. The summed E-state index contributed by atoms with van der Waals surface area (Å²) < 4.78 is 21.5. The van der Waals surface area contributed by atoms with Gasteiger partial charge in [0.25, 0.3) is 5.91 Å². The lowest BCUT2D eigenvalue weighted by Gasteiger charge is -2.18. The van der Waals surface area contributed by atoms with E-state index in [2.05, 4.69) is 9.51 Å². The van der Waals surface area contributed by atoms with E-state index in [0.717, 1.165) is 10.9 Å². The van der Waals surface area contributed by atoms with Crippen LogP contribution in [0.25, 0.3) is 0 Å². The first-order valence-electron chi connectivity index (χ1n) is 6.60. The maximum atomic E-state index is 11.3. The maximum absolute atomic E-state index is 11.3. The van der Waals surface area contributed by atoms with Gasteiger partial charge < -0.3 is 35.0 Å². The smallest absolute Gasteiger partial charge is 0.387 e. The van der Waals surface area contributed by atoms with Crippen molar-refractivity contribution in [2.75, 3.05) is 6.61 Å².